The molecule has 3 N–H and O–H groups in total. The molecule has 0 saturated heterocycles. The van der Waals surface area contributed by atoms with Crippen LogP contribution in [0.5, 0.6) is 0 Å². The van der Waals surface area contributed by atoms with Gasteiger partial charge in [-0.3, -0.25) is 9.88 Å². The third-order valence-electron chi connectivity index (χ3n) is 6.30. The number of pyridine rings is 1. The zero-order chi connectivity index (χ0) is 20.9. The molecule has 0 bridgehead atoms. The summed E-state index contributed by atoms with van der Waals surface area (Å²) in [5, 5.41) is 9.98. The fourth-order valence-corrected chi connectivity index (χ4v) is 4.59. The van der Waals surface area contributed by atoms with Crippen LogP contribution in [-0.4, -0.2) is 15.0 Å². The first-order valence-electron chi connectivity index (χ1n) is 10.8. The quantitative estimate of drug-likeness (QED) is 0.615. The topological polar surface area (TPSA) is 62.4 Å². The number of benzene rings is 2. The van der Waals surface area contributed by atoms with Crippen LogP contribution in [0, 0.1) is 6.92 Å². The molecule has 1 atom stereocenters. The molecule has 0 saturated carbocycles. The molecule has 30 heavy (non-hydrogen) atoms. The summed E-state index contributed by atoms with van der Waals surface area (Å²) < 4.78 is 0. The van der Waals surface area contributed by atoms with Crippen molar-refractivity contribution in [2.45, 2.75) is 58.5 Å². The van der Waals surface area contributed by atoms with E-state index in [4.69, 9.17) is 5.73 Å². The molecule has 0 amide bonds. The van der Waals surface area contributed by atoms with Gasteiger partial charge in [-0.25, -0.2) is 0 Å². The van der Waals surface area contributed by atoms with Gasteiger partial charge in [-0.1, -0.05) is 48.5 Å². The zero-order valence-corrected chi connectivity index (χ0v) is 17.7. The van der Waals surface area contributed by atoms with Crippen LogP contribution in [0.2, 0.25) is 0 Å². The minimum Gasteiger partial charge on any atom is -0.392 e. The Labute approximate surface area is 179 Å². The summed E-state index contributed by atoms with van der Waals surface area (Å²) in [5.74, 6) is 0. The van der Waals surface area contributed by atoms with Gasteiger partial charge < -0.3 is 10.8 Å². The number of nitrogens with zero attached hydrogens (tertiary/aromatic N) is 2. The first-order chi connectivity index (χ1) is 14.7. The highest BCUT2D eigenvalue weighted by atomic mass is 16.3. The van der Waals surface area contributed by atoms with Crippen molar-refractivity contribution in [3.8, 4) is 0 Å². The number of fused-ring (bicyclic) bond motifs is 1. The molecule has 1 aliphatic rings. The average molecular weight is 402 g/mol. The van der Waals surface area contributed by atoms with Crippen LogP contribution in [-0.2, 0) is 32.7 Å². The molecule has 1 aromatic heterocycles. The Morgan fingerprint density at radius 2 is 1.93 bits per heavy atom. The number of hydrogen-bond donors (Lipinski definition) is 2. The molecule has 4 nitrogen and oxygen atoms in total. The Balaban J connectivity index is 1.71. The lowest BCUT2D eigenvalue weighted by molar-refractivity contribution is 0.157. The van der Waals surface area contributed by atoms with Crippen molar-refractivity contribution in [2.75, 3.05) is 0 Å². The van der Waals surface area contributed by atoms with Crippen LogP contribution < -0.4 is 5.73 Å². The van der Waals surface area contributed by atoms with Gasteiger partial charge in [0.25, 0.3) is 0 Å². The maximum absolute atomic E-state index is 9.98. The van der Waals surface area contributed by atoms with Crippen molar-refractivity contribution in [2.24, 2.45) is 5.73 Å². The Bertz CT molecular complexity index is 1000. The second-order valence-electron chi connectivity index (χ2n) is 8.24. The fourth-order valence-electron chi connectivity index (χ4n) is 4.59. The number of aliphatic hydroxyl groups excluding tert-OH is 1. The van der Waals surface area contributed by atoms with E-state index in [0.29, 0.717) is 12.6 Å². The van der Waals surface area contributed by atoms with Gasteiger partial charge in [-0.15, -0.1) is 0 Å². The molecule has 1 unspecified atom stereocenters. The predicted octanol–water partition coefficient (Wildman–Crippen LogP) is 4.42. The number of aromatic nitrogens is 1. The lowest BCUT2D eigenvalue weighted by Crippen LogP contribution is -2.31. The van der Waals surface area contributed by atoms with E-state index in [9.17, 15) is 5.11 Å². The van der Waals surface area contributed by atoms with E-state index in [2.05, 4.69) is 59.3 Å². The van der Waals surface area contributed by atoms with Crippen molar-refractivity contribution >= 4 is 0 Å². The summed E-state index contributed by atoms with van der Waals surface area (Å²) in [6.07, 6.45) is 5.36. The molecule has 1 heterocycles. The van der Waals surface area contributed by atoms with Gasteiger partial charge in [0, 0.05) is 31.9 Å². The average Bonchev–Trinajstić information content (AvgIpc) is 2.79. The molecular weight excluding hydrogens is 370 g/mol. The zero-order valence-electron chi connectivity index (χ0n) is 17.7. The highest BCUT2D eigenvalue weighted by Crippen LogP contribution is 2.36. The van der Waals surface area contributed by atoms with Gasteiger partial charge in [0.1, 0.15) is 0 Å². The molecule has 4 rings (SSSR count). The van der Waals surface area contributed by atoms with Gasteiger partial charge >= 0.3 is 0 Å². The Kier molecular flexibility index (Phi) is 6.58. The second kappa shape index (κ2) is 9.52. The van der Waals surface area contributed by atoms with Crippen LogP contribution in [0.3, 0.4) is 0 Å². The smallest absolute Gasteiger partial charge is 0.0685 e. The Hall–Kier alpha value is -2.53. The van der Waals surface area contributed by atoms with E-state index in [-0.39, 0.29) is 6.61 Å². The molecular formula is C26H31N3O. The molecule has 1 aliphatic carbocycles. The van der Waals surface area contributed by atoms with Crippen LogP contribution >= 0.6 is 0 Å². The first kappa shape index (κ1) is 20.7. The van der Waals surface area contributed by atoms with Crippen LogP contribution in [0.1, 0.15) is 58.0 Å². The SMILES string of the molecule is Cc1cccnc1CN(Cc1ccc(CN)cc1CO)C1CCCc2ccccc21. The first-order valence-corrected chi connectivity index (χ1v) is 10.8. The van der Waals surface area contributed by atoms with Gasteiger partial charge in [0.05, 0.1) is 12.3 Å². The summed E-state index contributed by atoms with van der Waals surface area (Å²) in [7, 11) is 0. The highest BCUT2D eigenvalue weighted by Gasteiger charge is 2.27. The lowest BCUT2D eigenvalue weighted by atomic mass is 9.86. The predicted molar refractivity (Wildman–Crippen MR) is 121 cm³/mol. The van der Waals surface area contributed by atoms with E-state index in [1.807, 2.05) is 18.3 Å². The number of aliphatic hydroxyl groups is 1. The summed E-state index contributed by atoms with van der Waals surface area (Å²) in [6, 6.07) is 19.5. The molecule has 4 heteroatoms. The van der Waals surface area contributed by atoms with Crippen molar-refractivity contribution in [3.63, 3.8) is 0 Å². The third kappa shape index (κ3) is 4.46. The van der Waals surface area contributed by atoms with E-state index in [1.165, 1.54) is 23.1 Å². The van der Waals surface area contributed by atoms with Crippen molar-refractivity contribution < 1.29 is 5.11 Å². The fraction of sp³-hybridized carbons (Fsp3) is 0.346. The molecule has 3 aromatic rings. The highest BCUT2D eigenvalue weighted by molar-refractivity contribution is 5.35. The van der Waals surface area contributed by atoms with E-state index in [1.54, 1.807) is 0 Å². The lowest BCUT2D eigenvalue weighted by Gasteiger charge is -2.36. The van der Waals surface area contributed by atoms with Gasteiger partial charge in [0.2, 0.25) is 0 Å². The van der Waals surface area contributed by atoms with Crippen LogP contribution in [0.25, 0.3) is 0 Å². The minimum atomic E-state index is 0.0287. The van der Waals surface area contributed by atoms with Crippen molar-refractivity contribution in [1.82, 2.24) is 9.88 Å². The van der Waals surface area contributed by atoms with E-state index >= 15 is 0 Å². The second-order valence-corrected chi connectivity index (χ2v) is 8.24. The maximum atomic E-state index is 9.98. The number of nitrogens with two attached hydrogens (primary N) is 1. The molecule has 156 valence electrons. The Morgan fingerprint density at radius 3 is 2.73 bits per heavy atom. The summed E-state index contributed by atoms with van der Waals surface area (Å²) in [6.45, 7) is 4.20. The van der Waals surface area contributed by atoms with Gasteiger partial charge in [-0.05, 0) is 65.6 Å². The van der Waals surface area contributed by atoms with Gasteiger partial charge in [-0.2, -0.15) is 0 Å². The van der Waals surface area contributed by atoms with Gasteiger partial charge in [0.15, 0.2) is 0 Å². The number of rotatable bonds is 7. The largest absolute Gasteiger partial charge is 0.392 e. The molecule has 0 spiro atoms. The molecule has 2 aromatic carbocycles. The summed E-state index contributed by atoms with van der Waals surface area (Å²) in [5.41, 5.74) is 14.2. The number of aryl methyl sites for hydroxylation is 2. The number of hydrogen-bond acceptors (Lipinski definition) is 4. The molecule has 0 radical (unpaired) electrons. The third-order valence-corrected chi connectivity index (χ3v) is 6.30. The van der Waals surface area contributed by atoms with E-state index in [0.717, 1.165) is 48.3 Å². The molecule has 0 aliphatic heterocycles. The van der Waals surface area contributed by atoms with Crippen LogP contribution in [0.4, 0.5) is 0 Å². The summed E-state index contributed by atoms with van der Waals surface area (Å²) >= 11 is 0. The summed E-state index contributed by atoms with van der Waals surface area (Å²) in [4.78, 5) is 7.20. The van der Waals surface area contributed by atoms with Crippen molar-refractivity contribution in [3.05, 3.63) is 99.9 Å². The minimum absolute atomic E-state index is 0.0287. The Morgan fingerprint density at radius 1 is 1.07 bits per heavy atom. The standard InChI is InChI=1S/C26H31N3O/c1-19-6-5-13-28-25(19)17-29(16-22-12-11-20(15-27)14-23(22)18-30)26-10-4-8-21-7-2-3-9-24(21)26/h2-3,5-7,9,11-14,26,30H,4,8,10,15-18,27H2,1H3. The molecule has 0 fully saturated rings. The van der Waals surface area contributed by atoms with Crippen LogP contribution in [0.15, 0.2) is 60.8 Å². The normalized spacial score (nSPS) is 15.9. The van der Waals surface area contributed by atoms with Crippen molar-refractivity contribution in [1.29, 1.82) is 0 Å². The maximum Gasteiger partial charge on any atom is 0.0685 e. The van der Waals surface area contributed by atoms with E-state index < -0.39 is 0 Å². The monoisotopic (exact) mass is 401 g/mol.